The molecule has 0 aromatic heterocycles. The van der Waals surface area contributed by atoms with Gasteiger partial charge in [0.15, 0.2) is 6.29 Å². The SMILES string of the molecule is CBNC(=O)Oc1ccccc1C=O. The molecule has 72 valence electrons. The highest BCUT2D eigenvalue weighted by Crippen LogP contribution is 2.15. The molecular formula is C9H10BNO3. The lowest BCUT2D eigenvalue weighted by Gasteiger charge is -2.05. The number of para-hydroxylation sites is 1. The number of aldehydes is 1. The number of carbonyl (C=O) groups excluding carboxylic acids is 2. The summed E-state index contributed by atoms with van der Waals surface area (Å²) in [5, 5.41) is 2.47. The molecule has 0 bridgehead atoms. The van der Waals surface area contributed by atoms with Crippen molar-refractivity contribution in [1.29, 1.82) is 0 Å². The van der Waals surface area contributed by atoms with E-state index in [1.165, 1.54) is 0 Å². The van der Waals surface area contributed by atoms with Crippen LogP contribution in [0.4, 0.5) is 4.79 Å². The van der Waals surface area contributed by atoms with Crippen molar-refractivity contribution < 1.29 is 14.3 Å². The van der Waals surface area contributed by atoms with Gasteiger partial charge in [0.2, 0.25) is 7.41 Å². The molecule has 0 unspecified atom stereocenters. The maximum atomic E-state index is 11.0. The summed E-state index contributed by atoms with van der Waals surface area (Å²) in [5.41, 5.74) is 0.360. The third kappa shape index (κ3) is 2.62. The molecule has 0 aliphatic heterocycles. The average Bonchev–Trinajstić information content (AvgIpc) is 2.19. The topological polar surface area (TPSA) is 55.4 Å². The molecule has 0 radical (unpaired) electrons. The van der Waals surface area contributed by atoms with Crippen LogP contribution in [0.1, 0.15) is 10.4 Å². The molecule has 0 atom stereocenters. The molecule has 0 saturated carbocycles. The average molecular weight is 191 g/mol. The Labute approximate surface area is 82.5 Å². The minimum absolute atomic E-state index is 0.272. The van der Waals surface area contributed by atoms with Gasteiger partial charge in [0.1, 0.15) is 5.75 Å². The van der Waals surface area contributed by atoms with Crippen molar-refractivity contribution in [2.45, 2.75) is 6.82 Å². The highest BCUT2D eigenvalue weighted by atomic mass is 16.5. The predicted octanol–water partition coefficient (Wildman–Crippen LogP) is 0.987. The van der Waals surface area contributed by atoms with Crippen LogP contribution in [0.2, 0.25) is 6.82 Å². The third-order valence-corrected chi connectivity index (χ3v) is 1.57. The molecular weight excluding hydrogens is 181 g/mol. The van der Waals surface area contributed by atoms with Gasteiger partial charge in [0.05, 0.1) is 5.56 Å². The Morgan fingerprint density at radius 1 is 1.50 bits per heavy atom. The number of carbonyl (C=O) groups is 2. The molecule has 5 heteroatoms. The maximum Gasteiger partial charge on any atom is 0.400 e. The summed E-state index contributed by atoms with van der Waals surface area (Å²) in [4.78, 5) is 21.6. The smallest absolute Gasteiger partial charge is 0.400 e. The van der Waals surface area contributed by atoms with E-state index in [1.54, 1.807) is 31.1 Å². The van der Waals surface area contributed by atoms with Crippen LogP contribution in [0, 0.1) is 0 Å². The summed E-state index contributed by atoms with van der Waals surface area (Å²) in [5.74, 6) is 0.272. The Balaban J connectivity index is 2.75. The van der Waals surface area contributed by atoms with Crippen LogP contribution in [0.15, 0.2) is 24.3 Å². The first-order valence-corrected chi connectivity index (χ1v) is 4.27. The standard InChI is InChI=1S/C9H10BNO3/c1-10-11-9(13)14-8-5-3-2-4-7(8)6-12/h2-6,10H,1H3,(H,11,13). The molecule has 0 aliphatic rings. The van der Waals surface area contributed by atoms with E-state index < -0.39 is 6.09 Å². The fourth-order valence-electron chi connectivity index (χ4n) is 0.951. The predicted molar refractivity (Wildman–Crippen MR) is 54.0 cm³/mol. The van der Waals surface area contributed by atoms with Crippen LogP contribution in [-0.2, 0) is 0 Å². The number of hydrogen-bond donors (Lipinski definition) is 1. The summed E-state index contributed by atoms with van der Waals surface area (Å²) in [6.45, 7) is 1.78. The molecule has 0 fully saturated rings. The van der Waals surface area contributed by atoms with E-state index in [1.807, 2.05) is 0 Å². The Bertz CT molecular complexity index is 341. The number of nitrogens with one attached hydrogen (secondary N) is 1. The monoisotopic (exact) mass is 191 g/mol. The zero-order valence-corrected chi connectivity index (χ0v) is 7.82. The number of ether oxygens (including phenoxy) is 1. The van der Waals surface area contributed by atoms with Crippen molar-refractivity contribution in [2.24, 2.45) is 0 Å². The van der Waals surface area contributed by atoms with Crippen molar-refractivity contribution in [3.8, 4) is 5.75 Å². The second-order valence-corrected chi connectivity index (χ2v) is 2.58. The van der Waals surface area contributed by atoms with Crippen LogP contribution in [0.3, 0.4) is 0 Å². The summed E-state index contributed by atoms with van der Waals surface area (Å²) >= 11 is 0. The number of benzene rings is 1. The van der Waals surface area contributed by atoms with E-state index >= 15 is 0 Å². The first-order valence-electron chi connectivity index (χ1n) is 4.27. The van der Waals surface area contributed by atoms with Gasteiger partial charge >= 0.3 is 6.09 Å². The molecule has 1 rings (SSSR count). The van der Waals surface area contributed by atoms with Crippen molar-refractivity contribution in [3.63, 3.8) is 0 Å². The lowest BCUT2D eigenvalue weighted by molar-refractivity contribution is 0.112. The van der Waals surface area contributed by atoms with Crippen molar-refractivity contribution in [2.75, 3.05) is 0 Å². The molecule has 1 N–H and O–H groups in total. The summed E-state index contributed by atoms with van der Waals surface area (Å²) in [7, 11) is 0.488. The van der Waals surface area contributed by atoms with E-state index in [0.29, 0.717) is 19.3 Å². The first-order chi connectivity index (χ1) is 6.77. The highest BCUT2D eigenvalue weighted by molar-refractivity contribution is 6.34. The maximum absolute atomic E-state index is 11.0. The molecule has 1 amide bonds. The van der Waals surface area contributed by atoms with E-state index in [2.05, 4.69) is 5.23 Å². The van der Waals surface area contributed by atoms with Gasteiger partial charge in [0.25, 0.3) is 0 Å². The number of rotatable bonds is 3. The van der Waals surface area contributed by atoms with E-state index in [-0.39, 0.29) is 5.75 Å². The summed E-state index contributed by atoms with van der Waals surface area (Å²) in [6.07, 6.45) is 0.0935. The Hall–Kier alpha value is -1.78. The van der Waals surface area contributed by atoms with E-state index in [9.17, 15) is 9.59 Å². The molecule has 0 spiro atoms. The zero-order valence-electron chi connectivity index (χ0n) is 7.82. The van der Waals surface area contributed by atoms with E-state index in [4.69, 9.17) is 4.74 Å². The first kappa shape index (κ1) is 10.3. The van der Waals surface area contributed by atoms with Gasteiger partial charge in [0, 0.05) is 0 Å². The molecule has 4 nitrogen and oxygen atoms in total. The molecule has 14 heavy (non-hydrogen) atoms. The molecule has 1 aromatic carbocycles. The van der Waals surface area contributed by atoms with Gasteiger partial charge < -0.3 is 9.96 Å². The lowest BCUT2D eigenvalue weighted by Crippen LogP contribution is -2.28. The third-order valence-electron chi connectivity index (χ3n) is 1.57. The number of hydrogen-bond acceptors (Lipinski definition) is 3. The van der Waals surface area contributed by atoms with Gasteiger partial charge in [-0.05, 0) is 12.1 Å². The van der Waals surface area contributed by atoms with Crippen molar-refractivity contribution in [1.82, 2.24) is 5.23 Å². The quantitative estimate of drug-likeness (QED) is 0.572. The van der Waals surface area contributed by atoms with Crippen LogP contribution in [0.5, 0.6) is 5.75 Å². The molecule has 1 aromatic rings. The summed E-state index contributed by atoms with van der Waals surface area (Å²) in [6, 6.07) is 6.55. The van der Waals surface area contributed by atoms with Crippen molar-refractivity contribution in [3.05, 3.63) is 29.8 Å². The van der Waals surface area contributed by atoms with Gasteiger partial charge in [-0.3, -0.25) is 4.79 Å². The van der Waals surface area contributed by atoms with Crippen LogP contribution >= 0.6 is 0 Å². The minimum Gasteiger partial charge on any atom is -0.410 e. The van der Waals surface area contributed by atoms with Crippen LogP contribution in [-0.4, -0.2) is 19.8 Å². The van der Waals surface area contributed by atoms with Crippen LogP contribution in [0.25, 0.3) is 0 Å². The second kappa shape index (κ2) is 5.06. The van der Waals surface area contributed by atoms with Gasteiger partial charge in [-0.2, -0.15) is 0 Å². The molecule has 0 aliphatic carbocycles. The normalized spacial score (nSPS) is 8.93. The fraction of sp³-hybridized carbons (Fsp3) is 0.111. The lowest BCUT2D eigenvalue weighted by atomic mass is 10.0. The van der Waals surface area contributed by atoms with Gasteiger partial charge in [-0.25, -0.2) is 4.79 Å². The van der Waals surface area contributed by atoms with E-state index in [0.717, 1.165) is 0 Å². The second-order valence-electron chi connectivity index (χ2n) is 2.58. The highest BCUT2D eigenvalue weighted by Gasteiger charge is 2.06. The largest absolute Gasteiger partial charge is 0.410 e. The number of amides is 1. The molecule has 0 saturated heterocycles. The van der Waals surface area contributed by atoms with Gasteiger partial charge in [-0.15, -0.1) is 0 Å². The van der Waals surface area contributed by atoms with Gasteiger partial charge in [-0.1, -0.05) is 19.0 Å². The van der Waals surface area contributed by atoms with Crippen molar-refractivity contribution >= 4 is 19.8 Å². The Morgan fingerprint density at radius 3 is 2.86 bits per heavy atom. The zero-order chi connectivity index (χ0) is 10.4. The van der Waals surface area contributed by atoms with Crippen LogP contribution < -0.4 is 9.96 Å². The Kier molecular flexibility index (Phi) is 3.73. The minimum atomic E-state index is -0.554. The summed E-state index contributed by atoms with van der Waals surface area (Å²) < 4.78 is 4.90. The molecule has 0 heterocycles. The fourth-order valence-corrected chi connectivity index (χ4v) is 0.951. The Morgan fingerprint density at radius 2 is 2.21 bits per heavy atom.